The van der Waals surface area contributed by atoms with Crippen LogP contribution in [0.5, 0.6) is 11.5 Å². The molecule has 4 aromatic carbocycles. The fraction of sp³-hybridized carbons (Fsp3) is 0.286. The third-order valence-corrected chi connectivity index (χ3v) is 9.65. The third-order valence-electron chi connectivity index (χ3n) is 9.65. The fourth-order valence-electron chi connectivity index (χ4n) is 6.62. The molecule has 0 heterocycles. The van der Waals surface area contributed by atoms with Crippen LogP contribution in [-0.4, -0.2) is 73.3 Å². The van der Waals surface area contributed by atoms with Crippen LogP contribution in [0.2, 0.25) is 0 Å². The van der Waals surface area contributed by atoms with Crippen LogP contribution < -0.4 is 4.74 Å². The molecule has 0 saturated carbocycles. The smallest absolute Gasteiger partial charge is 0.411 e. The first-order valence-corrected chi connectivity index (χ1v) is 17.2. The topological polar surface area (TPSA) is 137 Å². The molecule has 53 heavy (non-hydrogen) atoms. The highest BCUT2D eigenvalue weighted by Crippen LogP contribution is 2.50. The molecule has 6 rings (SSSR count). The number of benzene rings is 4. The number of rotatable bonds is 8. The lowest BCUT2D eigenvalue weighted by atomic mass is 9.85. The van der Waals surface area contributed by atoms with E-state index >= 15 is 0 Å². The van der Waals surface area contributed by atoms with E-state index < -0.39 is 46.5 Å². The van der Waals surface area contributed by atoms with Gasteiger partial charge in [0.2, 0.25) is 23.1 Å². The Morgan fingerprint density at radius 1 is 0.509 bits per heavy atom. The molecule has 2 amide bonds. The standard InChI is InChI=1S/C42H40N2O9/c1-23(2)25-17-19-31(41(52-39(49)43(5)6)35(45)27-13-9-10-14-28(27)36(41)46)33(21-25)51-34-22-26(24(3)4)18-20-32(34)42(53-40(50)44(7)8)37(47)29-15-11-12-16-30(29)38(42)48/h9-24H,1-8H3. The summed E-state index contributed by atoms with van der Waals surface area (Å²) in [6.45, 7) is 7.76. The van der Waals surface area contributed by atoms with Crippen molar-refractivity contribution in [1.29, 1.82) is 0 Å². The molecule has 2 aliphatic rings. The summed E-state index contributed by atoms with van der Waals surface area (Å²) in [7, 11) is 5.71. The number of hydrogen-bond donors (Lipinski definition) is 0. The summed E-state index contributed by atoms with van der Waals surface area (Å²) < 4.78 is 18.6. The van der Waals surface area contributed by atoms with Gasteiger partial charge in [-0.1, -0.05) is 88.4 Å². The number of nitrogens with zero attached hydrogens (tertiary/aromatic N) is 2. The molecule has 0 saturated heterocycles. The maximum Gasteiger partial charge on any atom is 0.411 e. The molecule has 0 radical (unpaired) electrons. The highest BCUT2D eigenvalue weighted by atomic mass is 16.6. The van der Waals surface area contributed by atoms with E-state index in [9.17, 15) is 28.8 Å². The molecule has 0 aromatic heterocycles. The zero-order chi connectivity index (χ0) is 38.6. The zero-order valence-electron chi connectivity index (χ0n) is 30.8. The van der Waals surface area contributed by atoms with Gasteiger partial charge < -0.3 is 24.0 Å². The van der Waals surface area contributed by atoms with E-state index in [-0.39, 0.29) is 56.7 Å². The Labute approximate surface area is 307 Å². The van der Waals surface area contributed by atoms with Crippen LogP contribution in [0.3, 0.4) is 0 Å². The second-order valence-corrected chi connectivity index (χ2v) is 14.2. The Morgan fingerprint density at radius 3 is 1.08 bits per heavy atom. The Kier molecular flexibility index (Phi) is 9.32. The first-order valence-electron chi connectivity index (χ1n) is 17.2. The summed E-state index contributed by atoms with van der Waals surface area (Å²) in [5.74, 6) is -3.30. The average molecular weight is 717 g/mol. The molecule has 0 fully saturated rings. The molecule has 0 bridgehead atoms. The third kappa shape index (κ3) is 5.76. The zero-order valence-corrected chi connectivity index (χ0v) is 30.8. The number of amides is 2. The Hall–Kier alpha value is -6.10. The predicted octanol–water partition coefficient (Wildman–Crippen LogP) is 7.67. The fourth-order valence-corrected chi connectivity index (χ4v) is 6.62. The van der Waals surface area contributed by atoms with Crippen molar-refractivity contribution < 1.29 is 43.0 Å². The van der Waals surface area contributed by atoms with Crippen molar-refractivity contribution in [2.75, 3.05) is 28.2 Å². The Balaban J connectivity index is 1.64. The number of carbonyl (C=O) groups is 6. The van der Waals surface area contributed by atoms with Gasteiger partial charge in [-0.2, -0.15) is 0 Å². The van der Waals surface area contributed by atoms with Gasteiger partial charge in [0.1, 0.15) is 11.5 Å². The van der Waals surface area contributed by atoms with Gasteiger partial charge in [-0.25, -0.2) is 9.59 Å². The monoisotopic (exact) mass is 716 g/mol. The van der Waals surface area contributed by atoms with E-state index in [4.69, 9.17) is 14.2 Å². The number of fused-ring (bicyclic) bond motifs is 2. The van der Waals surface area contributed by atoms with Gasteiger partial charge in [0.05, 0.1) is 11.1 Å². The van der Waals surface area contributed by atoms with Crippen molar-refractivity contribution in [1.82, 2.24) is 9.80 Å². The van der Waals surface area contributed by atoms with E-state index in [0.29, 0.717) is 0 Å². The van der Waals surface area contributed by atoms with Crippen LogP contribution in [-0.2, 0) is 20.7 Å². The van der Waals surface area contributed by atoms with Crippen molar-refractivity contribution in [3.8, 4) is 11.5 Å². The number of hydrogen-bond acceptors (Lipinski definition) is 9. The van der Waals surface area contributed by atoms with Crippen LogP contribution in [0.25, 0.3) is 0 Å². The summed E-state index contributed by atoms with van der Waals surface area (Å²) in [4.78, 5) is 86.7. The molecule has 0 N–H and O–H groups in total. The normalized spacial score (nSPS) is 15.4. The highest BCUT2D eigenvalue weighted by molar-refractivity contribution is 6.33. The van der Waals surface area contributed by atoms with E-state index in [1.807, 2.05) is 27.7 Å². The van der Waals surface area contributed by atoms with Gasteiger partial charge in [-0.15, -0.1) is 0 Å². The second kappa shape index (κ2) is 13.5. The lowest BCUT2D eigenvalue weighted by Crippen LogP contribution is -2.46. The molecule has 0 unspecified atom stereocenters. The number of ether oxygens (including phenoxy) is 3. The minimum absolute atomic E-state index is 0.0519. The van der Waals surface area contributed by atoms with E-state index in [1.165, 1.54) is 64.6 Å². The minimum Gasteiger partial charge on any atom is -0.456 e. The molecule has 11 heteroatoms. The van der Waals surface area contributed by atoms with Crippen LogP contribution >= 0.6 is 0 Å². The quantitative estimate of drug-likeness (QED) is 0.168. The van der Waals surface area contributed by atoms with Gasteiger partial charge in [-0.05, 0) is 47.2 Å². The molecule has 272 valence electrons. The van der Waals surface area contributed by atoms with Gasteiger partial charge >= 0.3 is 12.2 Å². The second-order valence-electron chi connectivity index (χ2n) is 14.2. The summed E-state index contributed by atoms with van der Waals surface area (Å²) in [5.41, 5.74) is -3.37. The first kappa shape index (κ1) is 36.7. The largest absolute Gasteiger partial charge is 0.456 e. The van der Waals surface area contributed by atoms with Crippen LogP contribution in [0.1, 0.15) is 103 Å². The molecule has 11 nitrogen and oxygen atoms in total. The Bertz CT molecular complexity index is 1990. The lowest BCUT2D eigenvalue weighted by Gasteiger charge is -2.32. The molecular formula is C42H40N2O9. The minimum atomic E-state index is -2.49. The van der Waals surface area contributed by atoms with Crippen LogP contribution in [0.15, 0.2) is 84.9 Å². The van der Waals surface area contributed by atoms with Crippen molar-refractivity contribution >= 4 is 35.3 Å². The number of ketones is 4. The Morgan fingerprint density at radius 2 is 0.811 bits per heavy atom. The molecule has 2 aliphatic carbocycles. The van der Waals surface area contributed by atoms with E-state index in [2.05, 4.69) is 0 Å². The molecule has 4 aromatic rings. The molecule has 0 aliphatic heterocycles. The lowest BCUT2D eigenvalue weighted by molar-refractivity contribution is 0.00898. The van der Waals surface area contributed by atoms with Gasteiger partial charge in [0.25, 0.3) is 11.2 Å². The van der Waals surface area contributed by atoms with E-state index in [0.717, 1.165) is 20.9 Å². The average Bonchev–Trinajstić information content (AvgIpc) is 3.47. The molecule has 0 atom stereocenters. The van der Waals surface area contributed by atoms with Gasteiger partial charge in [0, 0.05) is 50.4 Å². The summed E-state index contributed by atoms with van der Waals surface area (Å²) in [5, 5.41) is 0. The van der Waals surface area contributed by atoms with Crippen molar-refractivity contribution in [2.45, 2.75) is 50.7 Å². The molecule has 0 spiro atoms. The first-order chi connectivity index (χ1) is 25.1. The summed E-state index contributed by atoms with van der Waals surface area (Å²) >= 11 is 0. The van der Waals surface area contributed by atoms with E-state index in [1.54, 1.807) is 48.5 Å². The maximum atomic E-state index is 14.5. The number of carbonyl (C=O) groups excluding carboxylic acids is 6. The van der Waals surface area contributed by atoms with Crippen LogP contribution in [0, 0.1) is 0 Å². The summed E-state index contributed by atoms with van der Waals surface area (Å²) in [6.07, 6.45) is -1.90. The van der Waals surface area contributed by atoms with Crippen molar-refractivity contribution in [2.24, 2.45) is 0 Å². The maximum absolute atomic E-state index is 14.5. The van der Waals surface area contributed by atoms with Crippen LogP contribution in [0.4, 0.5) is 9.59 Å². The highest BCUT2D eigenvalue weighted by Gasteiger charge is 2.61. The SMILES string of the molecule is CC(C)c1ccc(C2(OC(=O)N(C)C)C(=O)c3ccccc3C2=O)c(Oc2cc(C(C)C)ccc2C2(OC(=O)N(C)C)C(=O)c3ccccc3C2=O)c1. The van der Waals surface area contributed by atoms with Gasteiger partial charge in [-0.3, -0.25) is 19.2 Å². The predicted molar refractivity (Wildman–Crippen MR) is 195 cm³/mol. The van der Waals surface area contributed by atoms with Crippen molar-refractivity contribution in [3.63, 3.8) is 0 Å². The number of Topliss-reactive ketones (excluding diaryl/α,β-unsaturated/α-hetero) is 4. The molecular weight excluding hydrogens is 676 g/mol. The summed E-state index contributed by atoms with van der Waals surface area (Å²) in [6, 6.07) is 22.1. The van der Waals surface area contributed by atoms with Gasteiger partial charge in [0.15, 0.2) is 0 Å². The van der Waals surface area contributed by atoms with Crippen molar-refractivity contribution in [3.05, 3.63) is 129 Å².